The molecule has 2 aliphatic carbocycles. The largest absolute Gasteiger partial charge is 0.387 e. The Morgan fingerprint density at radius 3 is 2.50 bits per heavy atom. The molecule has 0 amide bonds. The first-order valence-electron chi connectivity index (χ1n) is 7.68. The van der Waals surface area contributed by atoms with Gasteiger partial charge in [-0.3, -0.25) is 0 Å². The Morgan fingerprint density at radius 2 is 1.94 bits per heavy atom. The molecule has 0 radical (unpaired) electrons. The minimum absolute atomic E-state index is 0.414. The zero-order chi connectivity index (χ0) is 13.0. The predicted octanol–water partition coefficient (Wildman–Crippen LogP) is 3.05. The molecule has 2 fully saturated rings. The van der Waals surface area contributed by atoms with Crippen LogP contribution in [0.1, 0.15) is 52.4 Å². The number of hydrogen-bond donors (Lipinski definition) is 2. The summed E-state index contributed by atoms with van der Waals surface area (Å²) in [7, 11) is 0. The summed E-state index contributed by atoms with van der Waals surface area (Å²) in [5.74, 6) is 2.90. The molecule has 2 rings (SSSR count). The maximum absolute atomic E-state index is 10.5. The van der Waals surface area contributed by atoms with Crippen LogP contribution in [0.4, 0.5) is 0 Å². The average molecular weight is 271 g/mol. The minimum atomic E-state index is -0.414. The number of thioether (sulfide) groups is 1. The van der Waals surface area contributed by atoms with Crippen molar-refractivity contribution in [3.05, 3.63) is 0 Å². The molecule has 0 bridgehead atoms. The normalized spacial score (nSPS) is 40.5. The van der Waals surface area contributed by atoms with Crippen LogP contribution in [-0.2, 0) is 0 Å². The van der Waals surface area contributed by atoms with E-state index in [2.05, 4.69) is 19.2 Å². The zero-order valence-electron chi connectivity index (χ0n) is 12.0. The van der Waals surface area contributed by atoms with E-state index in [1.807, 2.05) is 11.8 Å². The number of hydrogen-bond acceptors (Lipinski definition) is 3. The third-order valence-electron chi connectivity index (χ3n) is 4.81. The highest BCUT2D eigenvalue weighted by atomic mass is 32.2. The zero-order valence-corrected chi connectivity index (χ0v) is 12.8. The van der Waals surface area contributed by atoms with Crippen LogP contribution in [-0.4, -0.2) is 34.8 Å². The van der Waals surface area contributed by atoms with Crippen molar-refractivity contribution in [1.82, 2.24) is 5.32 Å². The van der Waals surface area contributed by atoms with Crippen molar-refractivity contribution in [1.29, 1.82) is 0 Å². The highest BCUT2D eigenvalue weighted by Crippen LogP contribution is 2.40. The van der Waals surface area contributed by atoms with Crippen molar-refractivity contribution in [3.8, 4) is 0 Å². The van der Waals surface area contributed by atoms with Crippen LogP contribution < -0.4 is 5.32 Å². The fraction of sp³-hybridized carbons (Fsp3) is 1.00. The monoisotopic (exact) mass is 271 g/mol. The molecule has 3 heteroatoms. The highest BCUT2D eigenvalue weighted by Gasteiger charge is 2.44. The minimum Gasteiger partial charge on any atom is -0.387 e. The molecular weight excluding hydrogens is 242 g/mol. The van der Waals surface area contributed by atoms with Gasteiger partial charge in [-0.15, -0.1) is 0 Å². The Hall–Kier alpha value is 0.270. The van der Waals surface area contributed by atoms with Crippen LogP contribution >= 0.6 is 11.8 Å². The molecule has 0 aromatic carbocycles. The van der Waals surface area contributed by atoms with Crippen molar-refractivity contribution in [3.63, 3.8) is 0 Å². The Bertz CT molecular complexity index is 253. The Labute approximate surface area is 116 Å². The van der Waals surface area contributed by atoms with Gasteiger partial charge in [0.1, 0.15) is 0 Å². The SMILES string of the molecule is CCS[C@@H]1CC[C@@]1(O)CNCC1CCC(C)CC1. The van der Waals surface area contributed by atoms with E-state index in [0.717, 1.165) is 37.1 Å². The standard InChI is InChI=1S/C15H29NOS/c1-3-18-14-8-9-15(14,17)11-16-10-13-6-4-12(2)5-7-13/h12-14,16-17H,3-11H2,1-2H3/t12?,13?,14-,15-/m1/s1. The summed E-state index contributed by atoms with van der Waals surface area (Å²) in [6.07, 6.45) is 7.71. The predicted molar refractivity (Wildman–Crippen MR) is 80.1 cm³/mol. The molecule has 18 heavy (non-hydrogen) atoms. The molecule has 0 aromatic rings. The lowest BCUT2D eigenvalue weighted by Gasteiger charge is -2.45. The van der Waals surface area contributed by atoms with Crippen LogP contribution in [0.2, 0.25) is 0 Å². The van der Waals surface area contributed by atoms with Gasteiger partial charge < -0.3 is 10.4 Å². The Morgan fingerprint density at radius 1 is 1.22 bits per heavy atom. The lowest BCUT2D eigenvalue weighted by molar-refractivity contribution is -0.0240. The molecule has 2 atom stereocenters. The van der Waals surface area contributed by atoms with E-state index in [-0.39, 0.29) is 0 Å². The van der Waals surface area contributed by atoms with E-state index in [9.17, 15) is 5.11 Å². The molecule has 2 aliphatic rings. The fourth-order valence-corrected chi connectivity index (χ4v) is 4.46. The summed E-state index contributed by atoms with van der Waals surface area (Å²) in [6.45, 7) is 6.46. The van der Waals surface area contributed by atoms with Gasteiger partial charge in [0.05, 0.1) is 5.60 Å². The second kappa shape index (κ2) is 6.62. The quantitative estimate of drug-likeness (QED) is 0.779. The molecule has 0 saturated heterocycles. The third-order valence-corrected chi connectivity index (χ3v) is 6.22. The molecule has 0 spiro atoms. The number of rotatable bonds is 6. The molecule has 0 heterocycles. The van der Waals surface area contributed by atoms with Crippen LogP contribution in [0.5, 0.6) is 0 Å². The number of nitrogens with one attached hydrogen (secondary N) is 1. The summed E-state index contributed by atoms with van der Waals surface area (Å²) in [4.78, 5) is 0. The summed E-state index contributed by atoms with van der Waals surface area (Å²) in [6, 6.07) is 0. The van der Waals surface area contributed by atoms with Gasteiger partial charge in [-0.25, -0.2) is 0 Å². The van der Waals surface area contributed by atoms with Gasteiger partial charge in [0.15, 0.2) is 0 Å². The van der Waals surface area contributed by atoms with Gasteiger partial charge in [-0.05, 0) is 49.8 Å². The summed E-state index contributed by atoms with van der Waals surface area (Å²) >= 11 is 1.92. The Kier molecular flexibility index (Phi) is 5.40. The molecule has 2 N–H and O–H groups in total. The van der Waals surface area contributed by atoms with E-state index in [4.69, 9.17) is 0 Å². The first-order chi connectivity index (χ1) is 8.64. The lowest BCUT2D eigenvalue weighted by atomic mass is 9.79. The molecule has 2 nitrogen and oxygen atoms in total. The topological polar surface area (TPSA) is 32.3 Å². The van der Waals surface area contributed by atoms with E-state index in [1.54, 1.807) is 0 Å². The highest BCUT2D eigenvalue weighted by molar-refractivity contribution is 8.00. The van der Waals surface area contributed by atoms with Crippen LogP contribution in [0.3, 0.4) is 0 Å². The molecule has 0 aromatic heterocycles. The van der Waals surface area contributed by atoms with Gasteiger partial charge in [-0.2, -0.15) is 11.8 Å². The first kappa shape index (κ1) is 14.7. The van der Waals surface area contributed by atoms with Crippen molar-refractivity contribution in [2.24, 2.45) is 11.8 Å². The van der Waals surface area contributed by atoms with Crippen molar-refractivity contribution >= 4 is 11.8 Å². The summed E-state index contributed by atoms with van der Waals surface area (Å²) in [5.41, 5.74) is -0.414. The molecule has 0 unspecified atom stereocenters. The first-order valence-corrected chi connectivity index (χ1v) is 8.73. The molecular formula is C15H29NOS. The maximum Gasteiger partial charge on any atom is 0.0889 e. The van der Waals surface area contributed by atoms with Crippen molar-refractivity contribution < 1.29 is 5.11 Å². The van der Waals surface area contributed by atoms with E-state index < -0.39 is 5.60 Å². The third kappa shape index (κ3) is 3.64. The number of aliphatic hydroxyl groups is 1. The van der Waals surface area contributed by atoms with Crippen LogP contribution in [0.15, 0.2) is 0 Å². The Balaban J connectivity index is 1.63. The van der Waals surface area contributed by atoms with E-state index in [1.165, 1.54) is 32.1 Å². The lowest BCUT2D eigenvalue weighted by Crippen LogP contribution is -2.56. The van der Waals surface area contributed by atoms with E-state index >= 15 is 0 Å². The summed E-state index contributed by atoms with van der Waals surface area (Å²) in [5, 5.41) is 14.5. The molecule has 106 valence electrons. The van der Waals surface area contributed by atoms with Gasteiger partial charge in [0.25, 0.3) is 0 Å². The van der Waals surface area contributed by atoms with Gasteiger partial charge in [0.2, 0.25) is 0 Å². The smallest absolute Gasteiger partial charge is 0.0889 e. The summed E-state index contributed by atoms with van der Waals surface area (Å²) < 4.78 is 0. The molecule has 2 saturated carbocycles. The van der Waals surface area contributed by atoms with Crippen molar-refractivity contribution in [2.75, 3.05) is 18.8 Å². The average Bonchev–Trinajstić information content (AvgIpc) is 2.37. The molecule has 0 aliphatic heterocycles. The maximum atomic E-state index is 10.5. The fourth-order valence-electron chi connectivity index (χ4n) is 3.26. The van der Waals surface area contributed by atoms with Gasteiger partial charge in [0, 0.05) is 11.8 Å². The van der Waals surface area contributed by atoms with Crippen LogP contribution in [0.25, 0.3) is 0 Å². The van der Waals surface area contributed by atoms with Gasteiger partial charge in [-0.1, -0.05) is 26.7 Å². The second-order valence-electron chi connectivity index (χ2n) is 6.34. The van der Waals surface area contributed by atoms with Gasteiger partial charge >= 0.3 is 0 Å². The van der Waals surface area contributed by atoms with Crippen molar-refractivity contribution in [2.45, 2.75) is 63.2 Å². The van der Waals surface area contributed by atoms with E-state index in [0.29, 0.717) is 5.25 Å². The van der Waals surface area contributed by atoms with Crippen LogP contribution in [0, 0.1) is 11.8 Å². The second-order valence-corrected chi connectivity index (χ2v) is 7.82.